The van der Waals surface area contributed by atoms with Crippen molar-refractivity contribution in [3.63, 3.8) is 0 Å². The number of aliphatic carboxylic acids is 1. The Morgan fingerprint density at radius 2 is 1.48 bits per heavy atom. The van der Waals surface area contributed by atoms with E-state index in [9.17, 15) is 14.0 Å². The van der Waals surface area contributed by atoms with Gasteiger partial charge in [0, 0.05) is 0 Å². The number of allylic oxidation sites excluding steroid dienone is 8. The van der Waals surface area contributed by atoms with Crippen LogP contribution in [0.3, 0.4) is 0 Å². The Labute approximate surface area is 134 Å². The van der Waals surface area contributed by atoms with Crippen molar-refractivity contribution in [2.45, 2.75) is 19.3 Å². The second kappa shape index (κ2) is 10.1. The lowest BCUT2D eigenvalue weighted by Crippen LogP contribution is -2.00. The van der Waals surface area contributed by atoms with Crippen LogP contribution in [-0.4, -0.2) is 24.2 Å². The molecule has 0 aromatic carbocycles. The lowest BCUT2D eigenvalue weighted by atomic mass is 10.3. The van der Waals surface area contributed by atoms with Crippen LogP contribution in [0.1, 0.15) is 19.3 Å². The molecule has 1 N–H and O–H groups in total. The van der Waals surface area contributed by atoms with E-state index >= 15 is 0 Å². The number of methoxy groups -OCH3 is 1. The van der Waals surface area contributed by atoms with Gasteiger partial charge >= 0.3 is 11.9 Å². The third-order valence-electron chi connectivity index (χ3n) is 2.94. The first-order valence-electron chi connectivity index (χ1n) is 7.11. The lowest BCUT2D eigenvalue weighted by molar-refractivity contribution is -0.135. The molecule has 0 aromatic heterocycles. The van der Waals surface area contributed by atoms with Crippen molar-refractivity contribution in [1.82, 2.24) is 0 Å². The zero-order valence-electron chi connectivity index (χ0n) is 12.9. The first-order valence-corrected chi connectivity index (χ1v) is 7.11. The molecule has 0 bridgehead atoms. The molecule has 3 rings (SSSR count). The number of carbonyl (C=O) groups excluding carboxylic acids is 1. The average molecular weight is 318 g/mol. The normalized spacial score (nSPS) is 16.5. The maximum absolute atomic E-state index is 11.7. The van der Waals surface area contributed by atoms with E-state index in [0.717, 1.165) is 19.3 Å². The summed E-state index contributed by atoms with van der Waals surface area (Å²) in [6, 6.07) is 0. The van der Waals surface area contributed by atoms with Gasteiger partial charge in [-0.05, 0) is 31.4 Å². The molecule has 0 saturated carbocycles. The first kappa shape index (κ1) is 18.4. The molecule has 0 aliphatic heterocycles. The van der Waals surface area contributed by atoms with E-state index in [4.69, 9.17) is 5.11 Å². The molecule has 3 aliphatic rings. The van der Waals surface area contributed by atoms with Crippen molar-refractivity contribution < 1.29 is 23.8 Å². The van der Waals surface area contributed by atoms with Crippen LogP contribution in [-0.2, 0) is 14.3 Å². The van der Waals surface area contributed by atoms with Gasteiger partial charge < -0.3 is 9.84 Å². The zero-order valence-corrected chi connectivity index (χ0v) is 12.9. The summed E-state index contributed by atoms with van der Waals surface area (Å²) in [6.07, 6.45) is 17.8. The van der Waals surface area contributed by atoms with Gasteiger partial charge in [-0.2, -0.15) is 0 Å². The maximum Gasteiger partial charge on any atom is 0.337 e. The third-order valence-corrected chi connectivity index (χ3v) is 2.94. The average Bonchev–Trinajstić information content (AvgIpc) is 3.29. The molecule has 0 spiro atoms. The summed E-state index contributed by atoms with van der Waals surface area (Å²) in [5, 5.41) is 8.29. The van der Waals surface area contributed by atoms with Crippen molar-refractivity contribution in [1.29, 1.82) is 0 Å². The van der Waals surface area contributed by atoms with Gasteiger partial charge in [-0.25, -0.2) is 14.0 Å². The van der Waals surface area contributed by atoms with Gasteiger partial charge in [0.2, 0.25) is 0 Å². The second-order valence-electron chi connectivity index (χ2n) is 4.62. The number of carboxylic acid groups (broad SMARTS) is 1. The molecule has 0 atom stereocenters. The molecule has 5 heteroatoms. The Morgan fingerprint density at radius 1 is 0.957 bits per heavy atom. The molecule has 122 valence electrons. The van der Waals surface area contributed by atoms with Crippen LogP contribution in [0.15, 0.2) is 71.7 Å². The van der Waals surface area contributed by atoms with E-state index in [1.165, 1.54) is 13.2 Å². The largest absolute Gasteiger partial charge is 0.478 e. The van der Waals surface area contributed by atoms with E-state index in [1.807, 2.05) is 18.2 Å². The fraction of sp³-hybridized carbons (Fsp3) is 0.222. The van der Waals surface area contributed by atoms with Gasteiger partial charge in [0.15, 0.2) is 0 Å². The summed E-state index contributed by atoms with van der Waals surface area (Å²) >= 11 is 0. The SMILES string of the molecule is COC(=O)C1=CCC=C1.FC1=CCC=C1.O=C(O)C1=CCC=C1. The highest BCUT2D eigenvalue weighted by atomic mass is 19.1. The number of rotatable bonds is 2. The van der Waals surface area contributed by atoms with E-state index in [-0.39, 0.29) is 11.8 Å². The number of ether oxygens (including phenoxy) is 1. The number of halogens is 1. The predicted molar refractivity (Wildman–Crippen MR) is 86.3 cm³/mol. The number of esters is 1. The summed E-state index contributed by atoms with van der Waals surface area (Å²) < 4.78 is 16.2. The summed E-state index contributed by atoms with van der Waals surface area (Å²) in [5.41, 5.74) is 1.07. The van der Waals surface area contributed by atoms with Crippen LogP contribution in [0.4, 0.5) is 4.39 Å². The predicted octanol–water partition coefficient (Wildman–Crippen LogP) is 3.80. The number of carbonyl (C=O) groups is 2. The molecular weight excluding hydrogens is 299 g/mol. The topological polar surface area (TPSA) is 63.6 Å². The van der Waals surface area contributed by atoms with Gasteiger partial charge in [-0.3, -0.25) is 0 Å². The minimum atomic E-state index is -0.834. The Morgan fingerprint density at radius 3 is 1.74 bits per heavy atom. The molecule has 0 saturated heterocycles. The third kappa shape index (κ3) is 7.22. The fourth-order valence-electron chi connectivity index (χ4n) is 1.77. The Balaban J connectivity index is 0.000000176. The smallest absolute Gasteiger partial charge is 0.337 e. The quantitative estimate of drug-likeness (QED) is 0.787. The molecule has 0 aromatic rings. The monoisotopic (exact) mass is 318 g/mol. The highest BCUT2D eigenvalue weighted by molar-refractivity contribution is 5.92. The molecule has 0 amide bonds. The minimum Gasteiger partial charge on any atom is -0.478 e. The van der Waals surface area contributed by atoms with Gasteiger partial charge in [0.1, 0.15) is 5.83 Å². The number of hydrogen-bond acceptors (Lipinski definition) is 3. The van der Waals surface area contributed by atoms with Gasteiger partial charge in [-0.15, -0.1) is 0 Å². The van der Waals surface area contributed by atoms with Crippen LogP contribution < -0.4 is 0 Å². The Bertz CT molecular complexity index is 616. The number of carboxylic acids is 1. The van der Waals surface area contributed by atoms with Crippen LogP contribution in [0.5, 0.6) is 0 Å². The van der Waals surface area contributed by atoms with Crippen molar-refractivity contribution in [2.24, 2.45) is 0 Å². The molecule has 0 heterocycles. The standard InChI is InChI=1S/C7H8O2.C6H6O2.C5H5F/c1-9-7(8)6-4-2-3-5-6;7-6(8)5-3-1-2-4-5;6-5-3-1-2-4-5/h2,4-5H,3H2,1H3;1,3-4H,2H2,(H,7,8);1,3-4H,2H2. The van der Waals surface area contributed by atoms with Crippen molar-refractivity contribution in [2.75, 3.05) is 7.11 Å². The maximum atomic E-state index is 11.7. The molecule has 3 aliphatic carbocycles. The zero-order chi connectivity index (χ0) is 17.1. The van der Waals surface area contributed by atoms with Crippen LogP contribution in [0.2, 0.25) is 0 Å². The lowest BCUT2D eigenvalue weighted by Gasteiger charge is -1.93. The van der Waals surface area contributed by atoms with Gasteiger partial charge in [-0.1, -0.05) is 42.5 Å². The van der Waals surface area contributed by atoms with Crippen LogP contribution >= 0.6 is 0 Å². The van der Waals surface area contributed by atoms with Crippen LogP contribution in [0.25, 0.3) is 0 Å². The van der Waals surface area contributed by atoms with Crippen molar-refractivity contribution >= 4 is 11.9 Å². The second-order valence-corrected chi connectivity index (χ2v) is 4.62. The van der Waals surface area contributed by atoms with Crippen molar-refractivity contribution in [3.8, 4) is 0 Å². The molecule has 0 fully saturated rings. The summed E-state index contributed by atoms with van der Waals surface area (Å²) in [5.74, 6) is -1.18. The Kier molecular flexibility index (Phi) is 8.07. The molecule has 0 radical (unpaired) electrons. The van der Waals surface area contributed by atoms with E-state index in [1.54, 1.807) is 30.4 Å². The molecule has 4 nitrogen and oxygen atoms in total. The summed E-state index contributed by atoms with van der Waals surface area (Å²) in [6.45, 7) is 0. The summed E-state index contributed by atoms with van der Waals surface area (Å²) in [7, 11) is 1.38. The van der Waals surface area contributed by atoms with Gasteiger partial charge in [0.25, 0.3) is 0 Å². The van der Waals surface area contributed by atoms with Crippen molar-refractivity contribution in [3.05, 3.63) is 71.7 Å². The van der Waals surface area contributed by atoms with Crippen LogP contribution in [0, 0.1) is 0 Å². The highest BCUT2D eigenvalue weighted by Gasteiger charge is 2.06. The van der Waals surface area contributed by atoms with Gasteiger partial charge in [0.05, 0.1) is 18.3 Å². The minimum absolute atomic E-state index is 0.102. The Hall–Kier alpha value is -2.69. The molecule has 0 unspecified atom stereocenters. The molecule has 23 heavy (non-hydrogen) atoms. The molecular formula is C18H19FO4. The van der Waals surface area contributed by atoms with E-state index < -0.39 is 5.97 Å². The number of hydrogen-bond donors (Lipinski definition) is 1. The van der Waals surface area contributed by atoms with E-state index in [0.29, 0.717) is 11.1 Å². The fourth-order valence-corrected chi connectivity index (χ4v) is 1.77. The first-order chi connectivity index (χ1) is 11.0. The highest BCUT2D eigenvalue weighted by Crippen LogP contribution is 2.09. The summed E-state index contributed by atoms with van der Waals surface area (Å²) in [4.78, 5) is 20.8. The van der Waals surface area contributed by atoms with E-state index in [2.05, 4.69) is 4.74 Å².